The van der Waals surface area contributed by atoms with Gasteiger partial charge in [-0.3, -0.25) is 4.79 Å². The summed E-state index contributed by atoms with van der Waals surface area (Å²) < 4.78 is 5.25. The predicted molar refractivity (Wildman–Crippen MR) is 91.4 cm³/mol. The number of amides is 1. The predicted octanol–water partition coefficient (Wildman–Crippen LogP) is 3.05. The molecule has 4 rings (SSSR count). The van der Waals surface area contributed by atoms with E-state index in [1.54, 1.807) is 16.9 Å². The second-order valence-corrected chi connectivity index (χ2v) is 6.16. The van der Waals surface area contributed by atoms with Gasteiger partial charge in [0.05, 0.1) is 18.2 Å². The smallest absolute Gasteiger partial charge is 0.229 e. The number of hydrogen-bond acceptors (Lipinski definition) is 4. The third kappa shape index (κ3) is 2.98. The van der Waals surface area contributed by atoms with E-state index in [9.17, 15) is 4.79 Å². The fourth-order valence-electron chi connectivity index (χ4n) is 2.67. The molecule has 0 radical (unpaired) electrons. The van der Waals surface area contributed by atoms with Crippen molar-refractivity contribution in [1.82, 2.24) is 15.0 Å². The van der Waals surface area contributed by atoms with Crippen LogP contribution in [0.2, 0.25) is 5.02 Å². The van der Waals surface area contributed by atoms with Crippen molar-refractivity contribution in [3.63, 3.8) is 0 Å². The second kappa shape index (κ2) is 6.22. The average Bonchev–Trinajstić information content (AvgIpc) is 3.24. The molecule has 6 nitrogen and oxygen atoms in total. The SMILES string of the molecule is O=C(Nc1ccc2nn(-c3ccc(Cl)cc3)nc2c1)C1CCOC1. The first-order chi connectivity index (χ1) is 11.7. The highest BCUT2D eigenvalue weighted by Crippen LogP contribution is 2.20. The average molecular weight is 343 g/mol. The van der Waals surface area contributed by atoms with Crippen LogP contribution in [-0.2, 0) is 9.53 Å². The minimum atomic E-state index is -0.0783. The first-order valence-corrected chi connectivity index (χ1v) is 8.08. The van der Waals surface area contributed by atoms with Gasteiger partial charge in [0, 0.05) is 17.3 Å². The van der Waals surface area contributed by atoms with Gasteiger partial charge in [0.15, 0.2) is 0 Å². The number of fused-ring (bicyclic) bond motifs is 1. The molecular weight excluding hydrogens is 328 g/mol. The van der Waals surface area contributed by atoms with Gasteiger partial charge in [-0.1, -0.05) is 11.6 Å². The lowest BCUT2D eigenvalue weighted by Gasteiger charge is -2.08. The molecule has 7 heteroatoms. The van der Waals surface area contributed by atoms with Crippen molar-refractivity contribution in [3.05, 3.63) is 47.5 Å². The van der Waals surface area contributed by atoms with Gasteiger partial charge in [0.1, 0.15) is 11.0 Å². The summed E-state index contributed by atoms with van der Waals surface area (Å²) >= 11 is 5.90. The van der Waals surface area contributed by atoms with Crippen molar-refractivity contribution in [3.8, 4) is 5.69 Å². The molecule has 0 aliphatic carbocycles. The summed E-state index contributed by atoms with van der Waals surface area (Å²) in [5.41, 5.74) is 3.00. The number of nitrogens with one attached hydrogen (secondary N) is 1. The maximum absolute atomic E-state index is 12.2. The fourth-order valence-corrected chi connectivity index (χ4v) is 2.79. The molecule has 2 heterocycles. The monoisotopic (exact) mass is 342 g/mol. The van der Waals surface area contributed by atoms with Crippen LogP contribution in [0.3, 0.4) is 0 Å². The Hall–Kier alpha value is -2.44. The van der Waals surface area contributed by atoms with Crippen molar-refractivity contribution in [2.24, 2.45) is 5.92 Å². The number of anilines is 1. The largest absolute Gasteiger partial charge is 0.381 e. The molecule has 24 heavy (non-hydrogen) atoms. The lowest BCUT2D eigenvalue weighted by Crippen LogP contribution is -2.22. The molecule has 0 spiro atoms. The van der Waals surface area contributed by atoms with E-state index in [-0.39, 0.29) is 11.8 Å². The van der Waals surface area contributed by atoms with Gasteiger partial charge in [-0.2, -0.15) is 4.80 Å². The minimum Gasteiger partial charge on any atom is -0.381 e. The number of benzene rings is 2. The van der Waals surface area contributed by atoms with Crippen LogP contribution in [0.5, 0.6) is 0 Å². The Bertz CT molecular complexity index is 885. The molecule has 1 unspecified atom stereocenters. The Kier molecular flexibility index (Phi) is 3.92. The summed E-state index contributed by atoms with van der Waals surface area (Å²) in [5, 5.41) is 12.5. The summed E-state index contributed by atoms with van der Waals surface area (Å²) in [5.74, 6) is -0.0950. The molecule has 1 amide bonds. The van der Waals surface area contributed by atoms with Crippen molar-refractivity contribution < 1.29 is 9.53 Å². The molecule has 1 N–H and O–H groups in total. The molecule has 1 fully saturated rings. The Morgan fingerprint density at radius 2 is 1.96 bits per heavy atom. The summed E-state index contributed by atoms with van der Waals surface area (Å²) in [6.45, 7) is 1.13. The van der Waals surface area contributed by atoms with E-state index < -0.39 is 0 Å². The van der Waals surface area contributed by atoms with Crippen LogP contribution in [-0.4, -0.2) is 34.1 Å². The zero-order valence-corrected chi connectivity index (χ0v) is 13.5. The molecule has 1 saturated heterocycles. The lowest BCUT2D eigenvalue weighted by molar-refractivity contribution is -0.119. The van der Waals surface area contributed by atoms with Gasteiger partial charge in [-0.15, -0.1) is 10.2 Å². The van der Waals surface area contributed by atoms with Crippen LogP contribution < -0.4 is 5.32 Å². The summed E-state index contributed by atoms with van der Waals surface area (Å²) in [4.78, 5) is 13.7. The van der Waals surface area contributed by atoms with Gasteiger partial charge >= 0.3 is 0 Å². The first-order valence-electron chi connectivity index (χ1n) is 7.71. The molecule has 1 aliphatic heterocycles. The quantitative estimate of drug-likeness (QED) is 0.794. The van der Waals surface area contributed by atoms with E-state index in [4.69, 9.17) is 16.3 Å². The minimum absolute atomic E-state index is 0.0167. The highest BCUT2D eigenvalue weighted by Gasteiger charge is 2.23. The Labute approximate surface area is 143 Å². The van der Waals surface area contributed by atoms with Gasteiger partial charge < -0.3 is 10.1 Å². The number of hydrogen-bond donors (Lipinski definition) is 1. The number of carbonyl (C=O) groups excluding carboxylic acids is 1. The highest BCUT2D eigenvalue weighted by molar-refractivity contribution is 6.30. The maximum atomic E-state index is 12.2. The first kappa shape index (κ1) is 15.1. The van der Waals surface area contributed by atoms with Crippen molar-refractivity contribution in [2.75, 3.05) is 18.5 Å². The van der Waals surface area contributed by atoms with E-state index in [0.717, 1.165) is 17.6 Å². The van der Waals surface area contributed by atoms with Crippen molar-refractivity contribution >= 4 is 34.2 Å². The van der Waals surface area contributed by atoms with Crippen LogP contribution >= 0.6 is 11.6 Å². The zero-order valence-electron chi connectivity index (χ0n) is 12.8. The van der Waals surface area contributed by atoms with Crippen LogP contribution in [0.15, 0.2) is 42.5 Å². The molecule has 2 aromatic carbocycles. The van der Waals surface area contributed by atoms with E-state index in [1.165, 1.54) is 0 Å². The number of ether oxygens (including phenoxy) is 1. The third-order valence-electron chi connectivity index (χ3n) is 4.01. The van der Waals surface area contributed by atoms with Gasteiger partial charge in [-0.25, -0.2) is 0 Å². The van der Waals surface area contributed by atoms with Crippen molar-refractivity contribution in [1.29, 1.82) is 0 Å². The number of halogens is 1. The van der Waals surface area contributed by atoms with Crippen LogP contribution in [0, 0.1) is 5.92 Å². The zero-order chi connectivity index (χ0) is 16.5. The van der Waals surface area contributed by atoms with Crippen LogP contribution in [0.25, 0.3) is 16.7 Å². The fraction of sp³-hybridized carbons (Fsp3) is 0.235. The van der Waals surface area contributed by atoms with E-state index >= 15 is 0 Å². The molecule has 1 aliphatic rings. The highest BCUT2D eigenvalue weighted by atomic mass is 35.5. The normalized spacial score (nSPS) is 17.3. The lowest BCUT2D eigenvalue weighted by atomic mass is 10.1. The number of nitrogens with zero attached hydrogens (tertiary/aromatic N) is 3. The summed E-state index contributed by atoms with van der Waals surface area (Å²) in [6.07, 6.45) is 0.765. The number of aromatic nitrogens is 3. The Balaban J connectivity index is 1.58. The molecule has 1 atom stereocenters. The maximum Gasteiger partial charge on any atom is 0.229 e. The molecule has 1 aromatic heterocycles. The summed E-state index contributed by atoms with van der Waals surface area (Å²) in [7, 11) is 0. The number of rotatable bonds is 3. The second-order valence-electron chi connectivity index (χ2n) is 5.72. The molecule has 3 aromatic rings. The van der Waals surface area contributed by atoms with E-state index in [1.807, 2.05) is 30.3 Å². The van der Waals surface area contributed by atoms with E-state index in [0.29, 0.717) is 29.4 Å². The molecular formula is C17H15ClN4O2. The van der Waals surface area contributed by atoms with Crippen LogP contribution in [0.1, 0.15) is 6.42 Å². The van der Waals surface area contributed by atoms with E-state index in [2.05, 4.69) is 15.5 Å². The number of carbonyl (C=O) groups is 1. The molecule has 0 bridgehead atoms. The topological polar surface area (TPSA) is 69.0 Å². The van der Waals surface area contributed by atoms with Crippen molar-refractivity contribution in [2.45, 2.75) is 6.42 Å². The van der Waals surface area contributed by atoms with Gasteiger partial charge in [0.25, 0.3) is 0 Å². The molecule has 0 saturated carbocycles. The van der Waals surface area contributed by atoms with Gasteiger partial charge in [0.2, 0.25) is 5.91 Å². The van der Waals surface area contributed by atoms with Crippen LogP contribution in [0.4, 0.5) is 5.69 Å². The third-order valence-corrected chi connectivity index (χ3v) is 4.26. The summed E-state index contributed by atoms with van der Waals surface area (Å²) in [6, 6.07) is 12.8. The molecule has 122 valence electrons. The van der Waals surface area contributed by atoms with Gasteiger partial charge in [-0.05, 0) is 48.9 Å². The standard InChI is InChI=1S/C17H15ClN4O2/c18-12-1-4-14(5-2-12)22-20-15-6-3-13(9-16(15)21-22)19-17(23)11-7-8-24-10-11/h1-6,9,11H,7-8,10H2,(H,19,23). The Morgan fingerprint density at radius 3 is 2.71 bits per heavy atom. The Morgan fingerprint density at radius 1 is 1.17 bits per heavy atom.